The quantitative estimate of drug-likeness (QED) is 0.655. The summed E-state index contributed by atoms with van der Waals surface area (Å²) in [5.74, 6) is -1.93. The van der Waals surface area contributed by atoms with Gasteiger partial charge in [-0.05, 0) is 12.1 Å². The van der Waals surface area contributed by atoms with Gasteiger partial charge in [0.05, 0.1) is 5.56 Å². The summed E-state index contributed by atoms with van der Waals surface area (Å²) >= 11 is 0. The number of hydrogen-bond donors (Lipinski definition) is 1. The van der Waals surface area contributed by atoms with E-state index in [1.807, 2.05) is 0 Å². The number of amides is 1. The van der Waals surface area contributed by atoms with Gasteiger partial charge in [-0.1, -0.05) is 12.1 Å². The van der Waals surface area contributed by atoms with Crippen molar-refractivity contribution in [3.63, 3.8) is 0 Å². The van der Waals surface area contributed by atoms with Gasteiger partial charge in [0.1, 0.15) is 12.8 Å². The predicted octanol–water partition coefficient (Wildman–Crippen LogP) is 1.33. The highest BCUT2D eigenvalue weighted by atomic mass is 19.4. The summed E-state index contributed by atoms with van der Waals surface area (Å²) in [5.41, 5.74) is 0.434. The second-order valence-corrected chi connectivity index (χ2v) is 3.71. The Labute approximate surface area is 111 Å². The summed E-state index contributed by atoms with van der Waals surface area (Å²) in [6.07, 6.45) is -3.94. The number of halogens is 3. The van der Waals surface area contributed by atoms with Crippen LogP contribution in [0, 0.1) is 0 Å². The molecule has 0 spiro atoms. The van der Waals surface area contributed by atoms with Gasteiger partial charge in [-0.3, -0.25) is 9.59 Å². The lowest BCUT2D eigenvalue weighted by molar-refractivity contribution is -0.140. The fourth-order valence-corrected chi connectivity index (χ4v) is 1.16. The van der Waals surface area contributed by atoms with Gasteiger partial charge in [-0.15, -0.1) is 0 Å². The number of carbonyl (C=O) groups excluding carboxylic acids is 3. The van der Waals surface area contributed by atoms with Crippen LogP contribution < -0.4 is 5.32 Å². The predicted molar refractivity (Wildman–Crippen MR) is 61.2 cm³/mol. The maximum absolute atomic E-state index is 11.8. The summed E-state index contributed by atoms with van der Waals surface area (Å²) in [6, 6.07) is 5.35. The average molecular weight is 289 g/mol. The van der Waals surface area contributed by atoms with Crippen LogP contribution in [-0.2, 0) is 9.53 Å². The Bertz CT molecular complexity index is 496. The third kappa shape index (κ3) is 5.51. The van der Waals surface area contributed by atoms with Crippen molar-refractivity contribution in [1.82, 2.24) is 5.32 Å². The summed E-state index contributed by atoms with van der Waals surface area (Å²) in [5, 5.41) is 1.56. The number of aldehydes is 1. The normalized spacial score (nSPS) is 10.8. The van der Waals surface area contributed by atoms with Crippen LogP contribution in [0.4, 0.5) is 13.2 Å². The number of esters is 1. The van der Waals surface area contributed by atoms with Gasteiger partial charge in [0.15, 0.2) is 6.61 Å². The standard InChI is InChI=1S/C12H10F3NO4/c13-12(14,15)7-16-10(18)6-20-11(19)9-3-1-8(5-17)2-4-9/h1-5H,6-7H2,(H,16,18). The van der Waals surface area contributed by atoms with Crippen LogP contribution in [0.15, 0.2) is 24.3 Å². The topological polar surface area (TPSA) is 72.5 Å². The Morgan fingerprint density at radius 1 is 1.20 bits per heavy atom. The van der Waals surface area contributed by atoms with E-state index in [0.29, 0.717) is 11.8 Å². The van der Waals surface area contributed by atoms with Gasteiger partial charge in [-0.2, -0.15) is 13.2 Å². The van der Waals surface area contributed by atoms with Crippen molar-refractivity contribution in [1.29, 1.82) is 0 Å². The second kappa shape index (κ2) is 6.69. The van der Waals surface area contributed by atoms with Gasteiger partial charge in [0.2, 0.25) is 0 Å². The van der Waals surface area contributed by atoms with Crippen LogP contribution >= 0.6 is 0 Å². The second-order valence-electron chi connectivity index (χ2n) is 3.71. The first-order valence-corrected chi connectivity index (χ1v) is 5.37. The number of carbonyl (C=O) groups is 3. The average Bonchev–Trinajstić information content (AvgIpc) is 2.41. The molecule has 1 N–H and O–H groups in total. The zero-order chi connectivity index (χ0) is 15.2. The third-order valence-electron chi connectivity index (χ3n) is 2.10. The molecule has 0 bridgehead atoms. The summed E-state index contributed by atoms with van der Waals surface area (Å²) in [6.45, 7) is -2.30. The highest BCUT2D eigenvalue weighted by Crippen LogP contribution is 2.12. The molecule has 1 rings (SSSR count). The molecular formula is C12H10F3NO4. The van der Waals surface area contributed by atoms with Crippen LogP contribution in [0.25, 0.3) is 0 Å². The van der Waals surface area contributed by atoms with E-state index in [2.05, 4.69) is 4.74 Å². The molecule has 8 heteroatoms. The van der Waals surface area contributed by atoms with Gasteiger partial charge < -0.3 is 10.1 Å². The minimum Gasteiger partial charge on any atom is -0.452 e. The molecule has 0 saturated heterocycles. The molecule has 5 nitrogen and oxygen atoms in total. The molecule has 1 aromatic carbocycles. The monoisotopic (exact) mass is 289 g/mol. The maximum Gasteiger partial charge on any atom is 0.405 e. The lowest BCUT2D eigenvalue weighted by Crippen LogP contribution is -2.36. The molecule has 0 aliphatic carbocycles. The van der Waals surface area contributed by atoms with E-state index < -0.39 is 31.2 Å². The number of benzene rings is 1. The van der Waals surface area contributed by atoms with E-state index in [1.54, 1.807) is 5.32 Å². The molecule has 0 saturated carbocycles. The number of alkyl halides is 3. The first-order chi connectivity index (χ1) is 9.31. The van der Waals surface area contributed by atoms with Crippen LogP contribution in [0.3, 0.4) is 0 Å². The molecule has 1 amide bonds. The third-order valence-corrected chi connectivity index (χ3v) is 2.10. The Morgan fingerprint density at radius 2 is 1.80 bits per heavy atom. The first-order valence-electron chi connectivity index (χ1n) is 5.37. The van der Waals surface area contributed by atoms with Crippen molar-refractivity contribution in [3.8, 4) is 0 Å². The van der Waals surface area contributed by atoms with Crippen molar-refractivity contribution < 1.29 is 32.3 Å². The highest BCUT2D eigenvalue weighted by Gasteiger charge is 2.27. The van der Waals surface area contributed by atoms with Crippen molar-refractivity contribution >= 4 is 18.2 Å². The molecule has 0 unspecified atom stereocenters. The van der Waals surface area contributed by atoms with Crippen LogP contribution in [0.5, 0.6) is 0 Å². The summed E-state index contributed by atoms with van der Waals surface area (Å²) in [4.78, 5) is 32.8. The van der Waals surface area contributed by atoms with E-state index in [-0.39, 0.29) is 5.56 Å². The molecule has 0 aliphatic rings. The van der Waals surface area contributed by atoms with Crippen molar-refractivity contribution in [2.45, 2.75) is 6.18 Å². The maximum atomic E-state index is 11.8. The molecular weight excluding hydrogens is 279 g/mol. The van der Waals surface area contributed by atoms with Crippen LogP contribution in [0.2, 0.25) is 0 Å². The van der Waals surface area contributed by atoms with E-state index in [0.717, 1.165) is 0 Å². The number of hydrogen-bond acceptors (Lipinski definition) is 4. The first kappa shape index (κ1) is 15.7. The lowest BCUT2D eigenvalue weighted by atomic mass is 10.1. The molecule has 0 heterocycles. The molecule has 0 atom stereocenters. The largest absolute Gasteiger partial charge is 0.452 e. The SMILES string of the molecule is O=Cc1ccc(C(=O)OCC(=O)NCC(F)(F)F)cc1. The van der Waals surface area contributed by atoms with E-state index in [4.69, 9.17) is 0 Å². The summed E-state index contributed by atoms with van der Waals surface area (Å²) < 4.78 is 39.9. The molecule has 1 aromatic rings. The van der Waals surface area contributed by atoms with Gasteiger partial charge in [0, 0.05) is 5.56 Å². The zero-order valence-corrected chi connectivity index (χ0v) is 10.1. The smallest absolute Gasteiger partial charge is 0.405 e. The van der Waals surface area contributed by atoms with E-state index >= 15 is 0 Å². The van der Waals surface area contributed by atoms with Gasteiger partial charge >= 0.3 is 12.1 Å². The Morgan fingerprint density at radius 3 is 2.30 bits per heavy atom. The highest BCUT2D eigenvalue weighted by molar-refractivity contribution is 5.92. The molecule has 0 fully saturated rings. The fraction of sp³-hybridized carbons (Fsp3) is 0.250. The van der Waals surface area contributed by atoms with Crippen molar-refractivity contribution in [3.05, 3.63) is 35.4 Å². The fourth-order valence-electron chi connectivity index (χ4n) is 1.16. The van der Waals surface area contributed by atoms with E-state index in [9.17, 15) is 27.6 Å². The molecule has 0 radical (unpaired) electrons. The Kier molecular flexibility index (Phi) is 5.24. The Hall–Kier alpha value is -2.38. The van der Waals surface area contributed by atoms with Crippen LogP contribution in [0.1, 0.15) is 20.7 Å². The summed E-state index contributed by atoms with van der Waals surface area (Å²) in [7, 11) is 0. The number of rotatable bonds is 5. The van der Waals surface area contributed by atoms with Crippen molar-refractivity contribution in [2.75, 3.05) is 13.2 Å². The number of nitrogens with one attached hydrogen (secondary N) is 1. The van der Waals surface area contributed by atoms with Crippen molar-refractivity contribution in [2.24, 2.45) is 0 Å². The minimum atomic E-state index is -4.52. The zero-order valence-electron chi connectivity index (χ0n) is 10.1. The van der Waals surface area contributed by atoms with Crippen LogP contribution in [-0.4, -0.2) is 37.5 Å². The molecule has 0 aliphatic heterocycles. The Balaban J connectivity index is 2.42. The molecule has 20 heavy (non-hydrogen) atoms. The van der Waals surface area contributed by atoms with Gasteiger partial charge in [0.25, 0.3) is 5.91 Å². The number of ether oxygens (including phenoxy) is 1. The lowest BCUT2D eigenvalue weighted by Gasteiger charge is -2.08. The molecule has 0 aromatic heterocycles. The van der Waals surface area contributed by atoms with Gasteiger partial charge in [-0.25, -0.2) is 4.79 Å². The molecule has 108 valence electrons. The van der Waals surface area contributed by atoms with E-state index in [1.165, 1.54) is 24.3 Å². The minimum absolute atomic E-state index is 0.0826.